The number of para-hydroxylation sites is 1. The average molecular weight is 284 g/mol. The number of ether oxygens (including phenoxy) is 1. The predicted octanol–water partition coefficient (Wildman–Crippen LogP) is 1.65. The van der Waals surface area contributed by atoms with Crippen molar-refractivity contribution in [3.05, 3.63) is 29.3 Å². The molecule has 19 heavy (non-hydrogen) atoms. The lowest BCUT2D eigenvalue weighted by Gasteiger charge is -2.16. The van der Waals surface area contributed by atoms with Gasteiger partial charge in [0, 0.05) is 13.0 Å². The van der Waals surface area contributed by atoms with E-state index in [1.54, 1.807) is 18.2 Å². The van der Waals surface area contributed by atoms with E-state index in [1.807, 2.05) is 6.07 Å². The zero-order valence-corrected chi connectivity index (χ0v) is 11.0. The van der Waals surface area contributed by atoms with Crippen LogP contribution < -0.4 is 4.74 Å². The van der Waals surface area contributed by atoms with Gasteiger partial charge in [0.15, 0.2) is 0 Å². The van der Waals surface area contributed by atoms with E-state index in [0.717, 1.165) is 0 Å². The molecule has 0 aliphatic carbocycles. The largest absolute Gasteiger partial charge is 0.490 e. The second-order valence-electron chi connectivity index (χ2n) is 4.36. The molecular weight excluding hydrogens is 270 g/mol. The molecule has 1 saturated heterocycles. The zero-order chi connectivity index (χ0) is 13.8. The number of halogens is 1. The van der Waals surface area contributed by atoms with Gasteiger partial charge in [-0.05, 0) is 12.1 Å². The highest BCUT2D eigenvalue weighted by atomic mass is 35.5. The van der Waals surface area contributed by atoms with Gasteiger partial charge in [0.25, 0.3) is 0 Å². The van der Waals surface area contributed by atoms with Crippen LogP contribution in [0.3, 0.4) is 0 Å². The lowest BCUT2D eigenvalue weighted by molar-refractivity contribution is -0.141. The Morgan fingerprint density at radius 1 is 1.47 bits per heavy atom. The number of nitrogens with zero attached hydrogens (tertiary/aromatic N) is 1. The Morgan fingerprint density at radius 3 is 2.84 bits per heavy atom. The predicted molar refractivity (Wildman–Crippen MR) is 69.3 cm³/mol. The first-order valence-corrected chi connectivity index (χ1v) is 6.33. The number of carbonyl (C=O) groups is 2. The number of hydrogen-bond acceptors (Lipinski definition) is 3. The summed E-state index contributed by atoms with van der Waals surface area (Å²) in [5.41, 5.74) is 0. The van der Waals surface area contributed by atoms with Gasteiger partial charge in [-0.3, -0.25) is 9.59 Å². The van der Waals surface area contributed by atoms with Crippen LogP contribution in [0.15, 0.2) is 24.3 Å². The lowest BCUT2D eigenvalue weighted by Crippen LogP contribution is -2.30. The molecule has 1 amide bonds. The molecule has 1 aliphatic heterocycles. The number of carboxylic acid groups (broad SMARTS) is 1. The first-order chi connectivity index (χ1) is 9.08. The minimum atomic E-state index is -0.928. The van der Waals surface area contributed by atoms with Crippen LogP contribution >= 0.6 is 11.6 Å². The Kier molecular flexibility index (Phi) is 4.27. The summed E-state index contributed by atoms with van der Waals surface area (Å²) in [6.45, 7) is 0.912. The highest BCUT2D eigenvalue weighted by Crippen LogP contribution is 2.23. The van der Waals surface area contributed by atoms with Crippen molar-refractivity contribution in [2.45, 2.75) is 6.42 Å². The number of aliphatic carboxylic acids is 1. The molecule has 0 unspecified atom stereocenters. The molecule has 0 bridgehead atoms. The summed E-state index contributed by atoms with van der Waals surface area (Å²) in [6, 6.07) is 7.08. The Hall–Kier alpha value is -1.75. The molecule has 0 radical (unpaired) electrons. The minimum absolute atomic E-state index is 0.0709. The van der Waals surface area contributed by atoms with Gasteiger partial charge in [0.05, 0.1) is 17.5 Å². The second kappa shape index (κ2) is 5.93. The van der Waals surface area contributed by atoms with Crippen LogP contribution in [-0.4, -0.2) is 41.6 Å². The van der Waals surface area contributed by atoms with Crippen LogP contribution in [0.2, 0.25) is 5.02 Å². The smallest absolute Gasteiger partial charge is 0.308 e. The summed E-state index contributed by atoms with van der Waals surface area (Å²) < 4.78 is 5.47. The van der Waals surface area contributed by atoms with Gasteiger partial charge in [-0.2, -0.15) is 0 Å². The molecule has 1 N–H and O–H groups in total. The van der Waals surface area contributed by atoms with E-state index in [2.05, 4.69) is 0 Å². The van der Waals surface area contributed by atoms with Gasteiger partial charge in [-0.15, -0.1) is 0 Å². The van der Waals surface area contributed by atoms with Crippen molar-refractivity contribution >= 4 is 23.5 Å². The molecule has 1 heterocycles. The fourth-order valence-electron chi connectivity index (χ4n) is 1.98. The third kappa shape index (κ3) is 3.38. The van der Waals surface area contributed by atoms with Crippen molar-refractivity contribution in [3.63, 3.8) is 0 Å². The molecule has 2 rings (SSSR count). The SMILES string of the molecule is O=C(O)[C@H]1CC(=O)N(CCOc2ccccc2Cl)C1. The van der Waals surface area contributed by atoms with Crippen LogP contribution in [0.4, 0.5) is 0 Å². The summed E-state index contributed by atoms with van der Waals surface area (Å²) >= 11 is 5.93. The standard InChI is InChI=1S/C13H14ClNO4/c14-10-3-1-2-4-11(10)19-6-5-15-8-9(13(17)18)7-12(15)16/h1-4,9H,5-8H2,(H,17,18)/t9-/m0/s1. The quantitative estimate of drug-likeness (QED) is 0.892. The lowest BCUT2D eigenvalue weighted by atomic mass is 10.1. The van der Waals surface area contributed by atoms with Crippen LogP contribution in [0.5, 0.6) is 5.75 Å². The zero-order valence-electron chi connectivity index (χ0n) is 10.2. The molecule has 0 aromatic heterocycles. The van der Waals surface area contributed by atoms with Crippen molar-refractivity contribution in [3.8, 4) is 5.75 Å². The number of benzene rings is 1. The van der Waals surface area contributed by atoms with E-state index in [9.17, 15) is 9.59 Å². The molecule has 102 valence electrons. The molecule has 0 saturated carbocycles. The molecule has 1 atom stereocenters. The van der Waals surface area contributed by atoms with Crippen molar-refractivity contribution < 1.29 is 19.4 Å². The van der Waals surface area contributed by atoms with Gasteiger partial charge in [-0.25, -0.2) is 0 Å². The summed E-state index contributed by atoms with van der Waals surface area (Å²) in [5.74, 6) is -1.11. The van der Waals surface area contributed by atoms with E-state index in [1.165, 1.54) is 4.90 Å². The van der Waals surface area contributed by atoms with Crippen molar-refractivity contribution in [2.24, 2.45) is 5.92 Å². The molecule has 1 aliphatic rings. The van der Waals surface area contributed by atoms with Gasteiger partial charge in [0.2, 0.25) is 5.91 Å². The Labute approximate surface area is 115 Å². The summed E-state index contributed by atoms with van der Waals surface area (Å²) in [7, 11) is 0. The molecule has 6 heteroatoms. The number of likely N-dealkylation sites (tertiary alicyclic amines) is 1. The number of amides is 1. The van der Waals surface area contributed by atoms with Crippen LogP contribution in [0, 0.1) is 5.92 Å². The first kappa shape index (κ1) is 13.7. The van der Waals surface area contributed by atoms with Crippen LogP contribution in [0.1, 0.15) is 6.42 Å². The molecule has 1 fully saturated rings. The maximum Gasteiger partial charge on any atom is 0.308 e. The highest BCUT2D eigenvalue weighted by Gasteiger charge is 2.33. The maximum absolute atomic E-state index is 11.6. The first-order valence-electron chi connectivity index (χ1n) is 5.96. The van der Waals surface area contributed by atoms with E-state index < -0.39 is 11.9 Å². The molecule has 0 spiro atoms. The topological polar surface area (TPSA) is 66.8 Å². The number of rotatable bonds is 5. The average Bonchev–Trinajstić information content (AvgIpc) is 2.74. The monoisotopic (exact) mass is 283 g/mol. The fraction of sp³-hybridized carbons (Fsp3) is 0.385. The Bertz CT molecular complexity index is 491. The van der Waals surface area contributed by atoms with Crippen molar-refractivity contribution in [1.82, 2.24) is 4.90 Å². The summed E-state index contributed by atoms with van der Waals surface area (Å²) in [6.07, 6.45) is 0.0709. The maximum atomic E-state index is 11.6. The molecule has 1 aromatic carbocycles. The normalized spacial score (nSPS) is 18.7. The number of hydrogen-bond donors (Lipinski definition) is 1. The van der Waals surface area contributed by atoms with Gasteiger partial charge in [0.1, 0.15) is 12.4 Å². The van der Waals surface area contributed by atoms with Crippen molar-refractivity contribution in [2.75, 3.05) is 19.7 Å². The van der Waals surface area contributed by atoms with E-state index in [0.29, 0.717) is 23.9 Å². The third-order valence-corrected chi connectivity index (χ3v) is 3.33. The van der Waals surface area contributed by atoms with Gasteiger partial charge < -0.3 is 14.7 Å². The van der Waals surface area contributed by atoms with Gasteiger partial charge in [-0.1, -0.05) is 23.7 Å². The molecular formula is C13H14ClNO4. The van der Waals surface area contributed by atoms with Crippen LogP contribution in [0.25, 0.3) is 0 Å². The molecule has 5 nitrogen and oxygen atoms in total. The fourth-order valence-corrected chi connectivity index (χ4v) is 2.17. The van der Waals surface area contributed by atoms with Gasteiger partial charge >= 0.3 is 5.97 Å². The summed E-state index contributed by atoms with van der Waals surface area (Å²) in [5, 5.41) is 9.37. The highest BCUT2D eigenvalue weighted by molar-refractivity contribution is 6.32. The second-order valence-corrected chi connectivity index (χ2v) is 4.77. The van der Waals surface area contributed by atoms with E-state index in [4.69, 9.17) is 21.4 Å². The van der Waals surface area contributed by atoms with Crippen LogP contribution in [-0.2, 0) is 9.59 Å². The summed E-state index contributed by atoms with van der Waals surface area (Å²) in [4.78, 5) is 23.9. The third-order valence-electron chi connectivity index (χ3n) is 3.02. The Balaban J connectivity index is 1.82. The van der Waals surface area contributed by atoms with Crippen molar-refractivity contribution in [1.29, 1.82) is 0 Å². The minimum Gasteiger partial charge on any atom is -0.490 e. The Morgan fingerprint density at radius 2 is 2.21 bits per heavy atom. The van der Waals surface area contributed by atoms with E-state index >= 15 is 0 Å². The van der Waals surface area contributed by atoms with E-state index in [-0.39, 0.29) is 18.9 Å². The number of carboxylic acids is 1. The molecule has 1 aromatic rings. The number of carbonyl (C=O) groups excluding carboxylic acids is 1.